The maximum absolute atomic E-state index is 13.4. The zero-order chi connectivity index (χ0) is 20.3. The van der Waals surface area contributed by atoms with Gasteiger partial charge >= 0.3 is 5.97 Å². The van der Waals surface area contributed by atoms with Gasteiger partial charge in [-0.1, -0.05) is 24.3 Å². The highest BCUT2D eigenvalue weighted by Crippen LogP contribution is 2.53. The predicted molar refractivity (Wildman–Crippen MR) is 102 cm³/mol. The van der Waals surface area contributed by atoms with Crippen LogP contribution in [0.1, 0.15) is 17.2 Å². The summed E-state index contributed by atoms with van der Waals surface area (Å²) in [5, 5.41) is 0. The van der Waals surface area contributed by atoms with Crippen molar-refractivity contribution >= 4 is 29.5 Å². The molecule has 0 N–H and O–H groups in total. The fraction of sp³-hybridized carbons (Fsp3) is 0.227. The molecule has 6 nitrogen and oxygen atoms in total. The van der Waals surface area contributed by atoms with Crippen molar-refractivity contribution in [3.8, 4) is 0 Å². The van der Waals surface area contributed by atoms with Crippen LogP contribution in [-0.4, -0.2) is 35.8 Å². The third kappa shape index (κ3) is 2.36. The average molecular weight is 392 g/mol. The van der Waals surface area contributed by atoms with Crippen molar-refractivity contribution < 1.29 is 23.5 Å². The molecule has 3 aliphatic heterocycles. The molecule has 0 bridgehead atoms. The molecular weight excluding hydrogens is 375 g/mol. The van der Waals surface area contributed by atoms with E-state index in [4.69, 9.17) is 4.74 Å². The Morgan fingerprint density at radius 3 is 2.41 bits per heavy atom. The zero-order valence-electron chi connectivity index (χ0n) is 15.5. The highest BCUT2D eigenvalue weighted by atomic mass is 19.1. The number of carbonyl (C=O) groups excluding carboxylic acids is 3. The van der Waals surface area contributed by atoms with Gasteiger partial charge in [-0.15, -0.1) is 0 Å². The van der Waals surface area contributed by atoms with Gasteiger partial charge in [-0.2, -0.15) is 0 Å². The van der Waals surface area contributed by atoms with Crippen molar-refractivity contribution in [1.29, 1.82) is 0 Å². The van der Waals surface area contributed by atoms with Crippen molar-refractivity contribution in [2.75, 3.05) is 12.0 Å². The Bertz CT molecular complexity index is 1060. The summed E-state index contributed by atoms with van der Waals surface area (Å²) in [6.45, 7) is 0. The molecule has 0 unspecified atom stereocenters. The first-order chi connectivity index (χ1) is 14.0. The van der Waals surface area contributed by atoms with E-state index in [0.29, 0.717) is 5.69 Å². The van der Waals surface area contributed by atoms with Gasteiger partial charge in [0, 0.05) is 6.20 Å². The first kappa shape index (κ1) is 17.6. The molecule has 3 heterocycles. The van der Waals surface area contributed by atoms with Gasteiger partial charge in [-0.25, -0.2) is 14.1 Å². The first-order valence-corrected chi connectivity index (χ1v) is 9.28. The number of amides is 2. The molecule has 0 spiro atoms. The van der Waals surface area contributed by atoms with Crippen molar-refractivity contribution in [1.82, 2.24) is 4.90 Å². The van der Waals surface area contributed by atoms with Gasteiger partial charge in [0.15, 0.2) is 0 Å². The van der Waals surface area contributed by atoms with Crippen LogP contribution in [0.3, 0.4) is 0 Å². The topological polar surface area (TPSA) is 66.9 Å². The van der Waals surface area contributed by atoms with Crippen molar-refractivity contribution in [2.45, 2.75) is 12.1 Å². The molecule has 0 saturated carbocycles. The molecule has 0 aliphatic carbocycles. The zero-order valence-corrected chi connectivity index (χ0v) is 15.5. The molecule has 0 aromatic heterocycles. The normalized spacial score (nSPS) is 27.0. The number of ether oxygens (including phenoxy) is 1. The summed E-state index contributed by atoms with van der Waals surface area (Å²) in [5.74, 6) is -3.49. The molecule has 2 aromatic carbocycles. The molecule has 146 valence electrons. The van der Waals surface area contributed by atoms with E-state index >= 15 is 0 Å². The maximum atomic E-state index is 13.4. The Hall–Kier alpha value is -3.48. The van der Waals surface area contributed by atoms with E-state index in [-0.39, 0.29) is 0 Å². The Kier molecular flexibility index (Phi) is 3.81. The Balaban J connectivity index is 1.65. The molecule has 2 aromatic rings. The smallest absolute Gasteiger partial charge is 0.329 e. The van der Waals surface area contributed by atoms with Crippen LogP contribution in [-0.2, 0) is 19.1 Å². The standard InChI is InChI=1S/C22H17FN2O4/c1-29-22(28)19-17-16(18-15-5-3-2-4-12(15)10-11-24(18)19)20(26)25(21(17)27)14-8-6-13(23)7-9-14/h2-11,16-19H,1H3/t16-,17-,18-,19+/m1/s1. The number of anilines is 1. The molecule has 3 aliphatic rings. The third-order valence-corrected chi connectivity index (χ3v) is 5.99. The summed E-state index contributed by atoms with van der Waals surface area (Å²) in [6.07, 6.45) is 3.63. The summed E-state index contributed by atoms with van der Waals surface area (Å²) < 4.78 is 18.3. The second-order valence-electron chi connectivity index (χ2n) is 7.34. The van der Waals surface area contributed by atoms with E-state index in [1.807, 2.05) is 30.3 Å². The van der Waals surface area contributed by atoms with Gasteiger partial charge < -0.3 is 9.64 Å². The number of rotatable bonds is 2. The van der Waals surface area contributed by atoms with Crippen LogP contribution in [0.2, 0.25) is 0 Å². The second-order valence-corrected chi connectivity index (χ2v) is 7.34. The largest absolute Gasteiger partial charge is 0.467 e. The molecule has 4 atom stereocenters. The molecule has 2 fully saturated rings. The van der Waals surface area contributed by atoms with Gasteiger partial charge in [0.05, 0.1) is 30.7 Å². The van der Waals surface area contributed by atoms with Crippen LogP contribution in [0.15, 0.2) is 54.7 Å². The minimum Gasteiger partial charge on any atom is -0.467 e. The summed E-state index contributed by atoms with van der Waals surface area (Å²) in [4.78, 5) is 42.2. The Morgan fingerprint density at radius 1 is 1.00 bits per heavy atom. The molecule has 7 heteroatoms. The number of carbonyl (C=O) groups is 3. The monoisotopic (exact) mass is 392 g/mol. The quantitative estimate of drug-likeness (QED) is 0.580. The van der Waals surface area contributed by atoms with E-state index < -0.39 is 47.5 Å². The number of imide groups is 1. The Morgan fingerprint density at radius 2 is 1.69 bits per heavy atom. The van der Waals surface area contributed by atoms with E-state index in [1.54, 1.807) is 11.1 Å². The van der Waals surface area contributed by atoms with E-state index in [1.165, 1.54) is 31.4 Å². The van der Waals surface area contributed by atoms with E-state index in [0.717, 1.165) is 16.0 Å². The molecule has 29 heavy (non-hydrogen) atoms. The minimum absolute atomic E-state index is 0.297. The number of esters is 1. The maximum Gasteiger partial charge on any atom is 0.329 e. The molecule has 2 amide bonds. The van der Waals surface area contributed by atoms with Crippen LogP contribution in [0.4, 0.5) is 10.1 Å². The number of hydrogen-bond donors (Lipinski definition) is 0. The third-order valence-electron chi connectivity index (χ3n) is 5.99. The lowest BCUT2D eigenvalue weighted by molar-refractivity contribution is -0.148. The molecule has 5 rings (SSSR count). The highest BCUT2D eigenvalue weighted by molar-refractivity contribution is 6.23. The summed E-state index contributed by atoms with van der Waals surface area (Å²) >= 11 is 0. The predicted octanol–water partition coefficient (Wildman–Crippen LogP) is 2.51. The molecule has 0 radical (unpaired) electrons. The van der Waals surface area contributed by atoms with Crippen molar-refractivity contribution in [2.24, 2.45) is 11.8 Å². The number of halogens is 1. The number of nitrogens with zero attached hydrogens (tertiary/aromatic N) is 2. The number of methoxy groups -OCH3 is 1. The lowest BCUT2D eigenvalue weighted by Crippen LogP contribution is -2.44. The lowest BCUT2D eigenvalue weighted by atomic mass is 9.84. The van der Waals surface area contributed by atoms with Crippen LogP contribution < -0.4 is 4.90 Å². The summed E-state index contributed by atoms with van der Waals surface area (Å²) in [5.41, 5.74) is 2.13. The SMILES string of the molecule is COC(=O)[C@@H]1[C@@H]2C(=O)N(c3ccc(F)cc3)C(=O)[C@H]2[C@H]2c3ccccc3C=CN12. The van der Waals surface area contributed by atoms with Gasteiger partial charge in [-0.05, 0) is 41.5 Å². The van der Waals surface area contributed by atoms with Crippen LogP contribution in [0.5, 0.6) is 0 Å². The summed E-state index contributed by atoms with van der Waals surface area (Å²) in [6, 6.07) is 11.4. The van der Waals surface area contributed by atoms with Gasteiger partial charge in [-0.3, -0.25) is 9.59 Å². The summed E-state index contributed by atoms with van der Waals surface area (Å²) in [7, 11) is 1.27. The van der Waals surface area contributed by atoms with E-state index in [2.05, 4.69) is 0 Å². The first-order valence-electron chi connectivity index (χ1n) is 9.28. The van der Waals surface area contributed by atoms with Gasteiger partial charge in [0.25, 0.3) is 0 Å². The van der Waals surface area contributed by atoms with Crippen molar-refractivity contribution in [3.63, 3.8) is 0 Å². The number of fused-ring (bicyclic) bond motifs is 5. The van der Waals surface area contributed by atoms with Crippen LogP contribution >= 0.6 is 0 Å². The molecular formula is C22H17FN2O4. The lowest BCUT2D eigenvalue weighted by Gasteiger charge is -2.34. The fourth-order valence-corrected chi connectivity index (χ4v) is 4.79. The minimum atomic E-state index is -0.901. The fourth-order valence-electron chi connectivity index (χ4n) is 4.79. The second kappa shape index (κ2) is 6.27. The number of benzene rings is 2. The highest BCUT2D eigenvalue weighted by Gasteiger charge is 2.65. The van der Waals surface area contributed by atoms with Gasteiger partial charge in [0.2, 0.25) is 11.8 Å². The Labute approximate surface area is 166 Å². The van der Waals surface area contributed by atoms with Crippen LogP contribution in [0, 0.1) is 17.7 Å². The van der Waals surface area contributed by atoms with Gasteiger partial charge in [0.1, 0.15) is 11.9 Å². The van der Waals surface area contributed by atoms with Crippen molar-refractivity contribution in [3.05, 3.63) is 71.7 Å². The van der Waals surface area contributed by atoms with E-state index in [9.17, 15) is 18.8 Å². The van der Waals surface area contributed by atoms with Crippen LogP contribution in [0.25, 0.3) is 6.08 Å². The average Bonchev–Trinajstić information content (AvgIpc) is 3.21. The number of hydrogen-bond acceptors (Lipinski definition) is 5. The molecule has 2 saturated heterocycles.